The van der Waals surface area contributed by atoms with Crippen molar-refractivity contribution in [3.8, 4) is 5.75 Å². The molecule has 0 heterocycles. The molecule has 4 nitrogen and oxygen atoms in total. The van der Waals surface area contributed by atoms with Crippen molar-refractivity contribution < 1.29 is 9.53 Å². The summed E-state index contributed by atoms with van der Waals surface area (Å²) in [6.07, 6.45) is 1.40. The molecule has 1 aromatic rings. The van der Waals surface area contributed by atoms with E-state index in [4.69, 9.17) is 22.1 Å². The molecule has 0 aliphatic heterocycles. The second-order valence-electron chi connectivity index (χ2n) is 4.75. The molecule has 3 N–H and O–H groups in total. The Morgan fingerprint density at radius 3 is 2.94 bits per heavy atom. The minimum Gasteiger partial charge on any atom is -0.489 e. The molecular formula is C13H17ClN2O2. The molecule has 1 aliphatic rings. The van der Waals surface area contributed by atoms with Crippen molar-refractivity contribution >= 4 is 17.5 Å². The number of carbonyl (C=O) groups is 1. The van der Waals surface area contributed by atoms with E-state index in [1.807, 2.05) is 19.1 Å². The van der Waals surface area contributed by atoms with Crippen LogP contribution >= 0.6 is 11.6 Å². The van der Waals surface area contributed by atoms with Crippen LogP contribution in [0.2, 0.25) is 5.02 Å². The Kier molecular flexibility index (Phi) is 3.78. The van der Waals surface area contributed by atoms with Crippen molar-refractivity contribution in [2.75, 3.05) is 6.54 Å². The summed E-state index contributed by atoms with van der Waals surface area (Å²) in [6.45, 7) is 2.32. The molecule has 1 fully saturated rings. The van der Waals surface area contributed by atoms with Crippen LogP contribution in [0.25, 0.3) is 0 Å². The molecule has 0 bridgehead atoms. The first-order valence-electron chi connectivity index (χ1n) is 5.99. The number of nitrogens with two attached hydrogens (primary N) is 1. The van der Waals surface area contributed by atoms with Gasteiger partial charge in [-0.15, -0.1) is 0 Å². The van der Waals surface area contributed by atoms with Crippen molar-refractivity contribution in [2.45, 2.75) is 31.4 Å². The number of rotatable bonds is 5. The molecule has 5 heteroatoms. The zero-order valence-electron chi connectivity index (χ0n) is 10.3. The first kappa shape index (κ1) is 13.2. The summed E-state index contributed by atoms with van der Waals surface area (Å²) in [6, 6.07) is 7.18. The lowest BCUT2D eigenvalue weighted by Crippen LogP contribution is -2.45. The van der Waals surface area contributed by atoms with Gasteiger partial charge < -0.3 is 15.8 Å². The number of benzene rings is 1. The van der Waals surface area contributed by atoms with Crippen LogP contribution in [0.3, 0.4) is 0 Å². The number of hydrogen-bond donors (Lipinski definition) is 2. The Balaban J connectivity index is 1.78. The van der Waals surface area contributed by atoms with E-state index in [0.29, 0.717) is 17.3 Å². The topological polar surface area (TPSA) is 64.4 Å². The Bertz CT molecular complexity index is 446. The smallest absolute Gasteiger partial charge is 0.240 e. The van der Waals surface area contributed by atoms with Gasteiger partial charge in [0.25, 0.3) is 0 Å². The number of hydrogen-bond acceptors (Lipinski definition) is 3. The van der Waals surface area contributed by atoms with Crippen molar-refractivity contribution in [1.29, 1.82) is 0 Å². The maximum atomic E-state index is 11.6. The summed E-state index contributed by atoms with van der Waals surface area (Å²) >= 11 is 5.86. The first-order chi connectivity index (χ1) is 8.49. The molecule has 0 aromatic heterocycles. The highest BCUT2D eigenvalue weighted by Gasteiger charge is 2.45. The van der Waals surface area contributed by atoms with Crippen molar-refractivity contribution in [3.05, 3.63) is 29.3 Å². The molecule has 1 atom stereocenters. The Labute approximate surface area is 111 Å². The van der Waals surface area contributed by atoms with E-state index in [1.165, 1.54) is 0 Å². The van der Waals surface area contributed by atoms with Gasteiger partial charge >= 0.3 is 0 Å². The molecule has 0 spiro atoms. The van der Waals surface area contributed by atoms with Gasteiger partial charge in [0.1, 0.15) is 11.9 Å². The van der Waals surface area contributed by atoms with Crippen LogP contribution in [0.15, 0.2) is 24.3 Å². The SMILES string of the molecule is CC(CNC(=O)C1(N)CC1)Oc1cccc(Cl)c1. The molecule has 1 aromatic carbocycles. The highest BCUT2D eigenvalue weighted by atomic mass is 35.5. The van der Waals surface area contributed by atoms with Crippen LogP contribution in [0.1, 0.15) is 19.8 Å². The fourth-order valence-corrected chi connectivity index (χ4v) is 1.77. The predicted molar refractivity (Wildman–Crippen MR) is 70.7 cm³/mol. The van der Waals surface area contributed by atoms with Crippen LogP contribution in [0.5, 0.6) is 5.75 Å². The Morgan fingerprint density at radius 2 is 2.33 bits per heavy atom. The van der Waals surface area contributed by atoms with Crippen LogP contribution in [0, 0.1) is 0 Å². The van der Waals surface area contributed by atoms with Crippen LogP contribution in [-0.4, -0.2) is 24.1 Å². The van der Waals surface area contributed by atoms with Gasteiger partial charge in [0, 0.05) is 5.02 Å². The van der Waals surface area contributed by atoms with Crippen molar-refractivity contribution in [1.82, 2.24) is 5.32 Å². The fraction of sp³-hybridized carbons (Fsp3) is 0.462. The van der Waals surface area contributed by atoms with Gasteiger partial charge in [0.15, 0.2) is 0 Å². The van der Waals surface area contributed by atoms with E-state index in [0.717, 1.165) is 12.8 Å². The Hall–Kier alpha value is -1.26. The van der Waals surface area contributed by atoms with E-state index in [-0.39, 0.29) is 12.0 Å². The molecule has 98 valence electrons. The van der Waals surface area contributed by atoms with Crippen molar-refractivity contribution in [2.24, 2.45) is 5.73 Å². The van der Waals surface area contributed by atoms with Gasteiger partial charge in [0.05, 0.1) is 12.1 Å². The summed E-state index contributed by atoms with van der Waals surface area (Å²) in [5.41, 5.74) is 5.15. The molecule has 0 saturated heterocycles. The number of amides is 1. The van der Waals surface area contributed by atoms with Gasteiger partial charge in [-0.2, -0.15) is 0 Å². The second-order valence-corrected chi connectivity index (χ2v) is 5.19. The van der Waals surface area contributed by atoms with Gasteiger partial charge in [-0.3, -0.25) is 4.79 Å². The van der Waals surface area contributed by atoms with E-state index >= 15 is 0 Å². The maximum Gasteiger partial charge on any atom is 0.240 e. The molecule has 2 rings (SSSR count). The monoisotopic (exact) mass is 268 g/mol. The summed E-state index contributed by atoms with van der Waals surface area (Å²) in [5.74, 6) is 0.599. The number of ether oxygens (including phenoxy) is 1. The number of carbonyl (C=O) groups excluding carboxylic acids is 1. The average molecular weight is 269 g/mol. The molecule has 0 radical (unpaired) electrons. The summed E-state index contributed by atoms with van der Waals surface area (Å²) in [7, 11) is 0. The predicted octanol–water partition coefficient (Wildman–Crippen LogP) is 1.71. The molecule has 1 aliphatic carbocycles. The molecule has 1 saturated carbocycles. The van der Waals surface area contributed by atoms with Gasteiger partial charge in [-0.05, 0) is 38.0 Å². The van der Waals surface area contributed by atoms with Crippen LogP contribution in [-0.2, 0) is 4.79 Å². The van der Waals surface area contributed by atoms with Gasteiger partial charge in [0.2, 0.25) is 5.91 Å². The number of nitrogens with one attached hydrogen (secondary N) is 1. The third kappa shape index (κ3) is 3.37. The highest BCUT2D eigenvalue weighted by molar-refractivity contribution is 6.30. The van der Waals surface area contributed by atoms with E-state index in [9.17, 15) is 4.79 Å². The number of halogens is 1. The molecule has 1 amide bonds. The van der Waals surface area contributed by atoms with E-state index < -0.39 is 5.54 Å². The lowest BCUT2D eigenvalue weighted by atomic mass is 10.2. The average Bonchev–Trinajstić information content (AvgIpc) is 3.05. The minimum atomic E-state index is -0.629. The van der Waals surface area contributed by atoms with Crippen LogP contribution < -0.4 is 15.8 Å². The maximum absolute atomic E-state index is 11.6. The van der Waals surface area contributed by atoms with Crippen LogP contribution in [0.4, 0.5) is 0 Å². The molecule has 1 unspecified atom stereocenters. The van der Waals surface area contributed by atoms with E-state index in [1.54, 1.807) is 12.1 Å². The lowest BCUT2D eigenvalue weighted by Gasteiger charge is -2.17. The highest BCUT2D eigenvalue weighted by Crippen LogP contribution is 2.32. The zero-order chi connectivity index (χ0) is 13.2. The standard InChI is InChI=1S/C13H17ClN2O2/c1-9(8-16-12(17)13(15)5-6-13)18-11-4-2-3-10(14)7-11/h2-4,7,9H,5-6,8,15H2,1H3,(H,16,17). The Morgan fingerprint density at radius 1 is 1.61 bits per heavy atom. The van der Waals surface area contributed by atoms with Gasteiger partial charge in [-0.1, -0.05) is 17.7 Å². The zero-order valence-corrected chi connectivity index (χ0v) is 11.0. The van der Waals surface area contributed by atoms with Gasteiger partial charge in [-0.25, -0.2) is 0 Å². The summed E-state index contributed by atoms with van der Waals surface area (Å²) in [5, 5.41) is 3.43. The minimum absolute atomic E-state index is 0.0935. The third-order valence-electron chi connectivity index (χ3n) is 2.92. The van der Waals surface area contributed by atoms with Crippen molar-refractivity contribution in [3.63, 3.8) is 0 Å². The molecule has 18 heavy (non-hydrogen) atoms. The quantitative estimate of drug-likeness (QED) is 0.855. The summed E-state index contributed by atoms with van der Waals surface area (Å²) < 4.78 is 5.64. The normalized spacial score (nSPS) is 17.9. The molecular weight excluding hydrogens is 252 g/mol. The lowest BCUT2D eigenvalue weighted by molar-refractivity contribution is -0.123. The largest absolute Gasteiger partial charge is 0.489 e. The summed E-state index contributed by atoms with van der Waals surface area (Å²) in [4.78, 5) is 11.6. The second kappa shape index (κ2) is 5.16. The fourth-order valence-electron chi connectivity index (χ4n) is 1.59. The van der Waals surface area contributed by atoms with E-state index in [2.05, 4.69) is 5.32 Å². The first-order valence-corrected chi connectivity index (χ1v) is 6.37. The third-order valence-corrected chi connectivity index (χ3v) is 3.16.